The monoisotopic (exact) mass is 379 g/mol. The van der Waals surface area contributed by atoms with Gasteiger partial charge in [-0.25, -0.2) is 14.4 Å². The molecule has 0 fully saturated rings. The molecule has 2 N–H and O–H groups in total. The second-order valence-electron chi connectivity index (χ2n) is 6.40. The molecule has 6 heteroatoms. The van der Waals surface area contributed by atoms with E-state index in [-0.39, 0.29) is 5.82 Å². The molecule has 0 radical (unpaired) electrons. The van der Waals surface area contributed by atoms with Crippen LogP contribution in [-0.2, 0) is 6.42 Å². The van der Waals surface area contributed by atoms with Crippen molar-refractivity contribution in [2.45, 2.75) is 20.3 Å². The minimum absolute atomic E-state index is 0.178. The average molecular weight is 379 g/mol. The van der Waals surface area contributed by atoms with Crippen LogP contribution in [0, 0.1) is 5.82 Å². The van der Waals surface area contributed by atoms with E-state index < -0.39 is 0 Å². The Morgan fingerprint density at radius 3 is 2.36 bits per heavy atom. The second-order valence-corrected chi connectivity index (χ2v) is 6.40. The van der Waals surface area contributed by atoms with Gasteiger partial charge in [0.15, 0.2) is 0 Å². The van der Waals surface area contributed by atoms with Gasteiger partial charge in [0.25, 0.3) is 0 Å². The molecule has 0 aliphatic heterocycles. The first-order chi connectivity index (χ1) is 13.7. The van der Waals surface area contributed by atoms with Gasteiger partial charge in [-0.05, 0) is 56.2 Å². The summed E-state index contributed by atoms with van der Waals surface area (Å²) in [7, 11) is 0. The van der Waals surface area contributed by atoms with E-state index >= 15 is 0 Å². The fraction of sp³-hybridized carbons (Fsp3) is 0.273. The van der Waals surface area contributed by atoms with Gasteiger partial charge < -0.3 is 15.5 Å². The minimum atomic E-state index is -0.178. The zero-order valence-corrected chi connectivity index (χ0v) is 16.3. The topological polar surface area (TPSA) is 53.1 Å². The Bertz CT molecular complexity index is 878. The molecule has 5 nitrogen and oxygen atoms in total. The van der Waals surface area contributed by atoms with Gasteiger partial charge in [0.2, 0.25) is 0 Å². The highest BCUT2D eigenvalue weighted by atomic mass is 19.1. The van der Waals surface area contributed by atoms with E-state index in [1.807, 2.05) is 24.3 Å². The van der Waals surface area contributed by atoms with Gasteiger partial charge in [-0.2, -0.15) is 0 Å². The van der Waals surface area contributed by atoms with Gasteiger partial charge in [0.05, 0.1) is 0 Å². The summed E-state index contributed by atoms with van der Waals surface area (Å²) in [6.07, 6.45) is 2.10. The number of rotatable bonds is 9. The van der Waals surface area contributed by atoms with Crippen molar-refractivity contribution in [1.82, 2.24) is 9.97 Å². The molecule has 0 atom stereocenters. The Morgan fingerprint density at radius 1 is 0.929 bits per heavy atom. The number of hydrogen-bond acceptors (Lipinski definition) is 5. The smallest absolute Gasteiger partial charge is 0.135 e. The lowest BCUT2D eigenvalue weighted by Crippen LogP contribution is -2.21. The van der Waals surface area contributed by atoms with E-state index in [9.17, 15) is 4.39 Å². The van der Waals surface area contributed by atoms with Crippen LogP contribution in [0.15, 0.2) is 60.9 Å². The van der Waals surface area contributed by atoms with Crippen molar-refractivity contribution < 1.29 is 4.39 Å². The highest BCUT2D eigenvalue weighted by Crippen LogP contribution is 2.21. The minimum Gasteiger partial charge on any atom is -0.372 e. The number of aromatic nitrogens is 2. The van der Waals surface area contributed by atoms with E-state index in [1.165, 1.54) is 18.1 Å². The first kappa shape index (κ1) is 19.6. The summed E-state index contributed by atoms with van der Waals surface area (Å²) < 4.78 is 13.7. The first-order valence-electron chi connectivity index (χ1n) is 9.61. The molecule has 0 aliphatic carbocycles. The standard InChI is InChI=1S/C22H26FN5/c1-3-28(4-2)19-11-9-18(10-12-19)27-22-15-21(25-16-26-22)24-14-13-17-7-5-6-8-20(17)23/h5-12,15-16H,3-4,13-14H2,1-2H3,(H2,24,25,26,27). The summed E-state index contributed by atoms with van der Waals surface area (Å²) in [4.78, 5) is 10.8. The Kier molecular flexibility index (Phi) is 6.78. The van der Waals surface area contributed by atoms with E-state index in [4.69, 9.17) is 0 Å². The molecule has 0 aliphatic rings. The maximum atomic E-state index is 13.7. The number of nitrogens with zero attached hydrogens (tertiary/aromatic N) is 3. The molecule has 0 saturated carbocycles. The second kappa shape index (κ2) is 9.69. The van der Waals surface area contributed by atoms with Crippen molar-refractivity contribution in [3.8, 4) is 0 Å². The van der Waals surface area contributed by atoms with Gasteiger partial charge in [0, 0.05) is 37.1 Å². The third kappa shape index (κ3) is 5.19. The number of hydrogen-bond donors (Lipinski definition) is 2. The first-order valence-corrected chi connectivity index (χ1v) is 9.61. The molecule has 1 aromatic heterocycles. The SMILES string of the molecule is CCN(CC)c1ccc(Nc2cc(NCCc3ccccc3F)ncn2)cc1. The van der Waals surface area contributed by atoms with Gasteiger partial charge >= 0.3 is 0 Å². The van der Waals surface area contributed by atoms with Gasteiger partial charge in [-0.15, -0.1) is 0 Å². The summed E-state index contributed by atoms with van der Waals surface area (Å²) in [6.45, 7) is 6.86. The fourth-order valence-electron chi connectivity index (χ4n) is 3.04. The molecule has 0 amide bonds. The molecule has 3 rings (SSSR count). The lowest BCUT2D eigenvalue weighted by molar-refractivity contribution is 0.610. The van der Waals surface area contributed by atoms with Gasteiger partial charge in [-0.3, -0.25) is 0 Å². The van der Waals surface area contributed by atoms with E-state index in [2.05, 4.69) is 51.5 Å². The Morgan fingerprint density at radius 2 is 1.64 bits per heavy atom. The molecule has 146 valence electrons. The quantitative estimate of drug-likeness (QED) is 0.556. The summed E-state index contributed by atoms with van der Waals surface area (Å²) >= 11 is 0. The van der Waals surface area contributed by atoms with Crippen LogP contribution in [0.2, 0.25) is 0 Å². The van der Waals surface area contributed by atoms with Crippen molar-refractivity contribution in [1.29, 1.82) is 0 Å². The average Bonchev–Trinajstić information content (AvgIpc) is 2.72. The van der Waals surface area contributed by atoms with E-state index in [0.717, 1.165) is 18.8 Å². The van der Waals surface area contributed by atoms with Crippen LogP contribution in [0.25, 0.3) is 0 Å². The molecule has 0 unspecified atom stereocenters. The van der Waals surface area contributed by atoms with Crippen molar-refractivity contribution in [2.75, 3.05) is 35.2 Å². The molecule has 3 aromatic rings. The Labute approximate surface area is 165 Å². The molecule has 2 aromatic carbocycles. The largest absolute Gasteiger partial charge is 0.372 e. The molecule has 0 saturated heterocycles. The number of anilines is 4. The lowest BCUT2D eigenvalue weighted by atomic mass is 10.1. The molecular weight excluding hydrogens is 353 g/mol. The summed E-state index contributed by atoms with van der Waals surface area (Å²) in [5.74, 6) is 1.23. The number of benzene rings is 2. The predicted molar refractivity (Wildman–Crippen MR) is 114 cm³/mol. The van der Waals surface area contributed by atoms with Crippen LogP contribution in [0.5, 0.6) is 0 Å². The molecule has 28 heavy (non-hydrogen) atoms. The van der Waals surface area contributed by atoms with Crippen LogP contribution in [0.1, 0.15) is 19.4 Å². The fourth-order valence-corrected chi connectivity index (χ4v) is 3.04. The van der Waals surface area contributed by atoms with Gasteiger partial charge in [0.1, 0.15) is 23.8 Å². The zero-order chi connectivity index (χ0) is 19.8. The number of nitrogens with one attached hydrogen (secondary N) is 2. The maximum Gasteiger partial charge on any atom is 0.135 e. The van der Waals surface area contributed by atoms with Crippen LogP contribution in [0.4, 0.5) is 27.4 Å². The predicted octanol–water partition coefficient (Wildman–Crippen LogP) is 4.86. The molecule has 1 heterocycles. The lowest BCUT2D eigenvalue weighted by Gasteiger charge is -2.21. The molecule has 0 spiro atoms. The molecular formula is C22H26FN5. The molecule has 0 bridgehead atoms. The zero-order valence-electron chi connectivity index (χ0n) is 16.3. The third-order valence-corrected chi connectivity index (χ3v) is 4.59. The normalized spacial score (nSPS) is 10.5. The summed E-state index contributed by atoms with van der Waals surface area (Å²) in [6, 6.07) is 17.0. The van der Waals surface area contributed by atoms with E-state index in [0.29, 0.717) is 30.2 Å². The van der Waals surface area contributed by atoms with Crippen molar-refractivity contribution in [3.05, 3.63) is 72.3 Å². The van der Waals surface area contributed by atoms with Crippen LogP contribution in [-0.4, -0.2) is 29.6 Å². The Balaban J connectivity index is 1.58. The maximum absolute atomic E-state index is 13.7. The number of halogens is 1. The highest BCUT2D eigenvalue weighted by Gasteiger charge is 2.04. The van der Waals surface area contributed by atoms with E-state index in [1.54, 1.807) is 12.1 Å². The third-order valence-electron chi connectivity index (χ3n) is 4.59. The van der Waals surface area contributed by atoms with Gasteiger partial charge in [-0.1, -0.05) is 18.2 Å². The summed E-state index contributed by atoms with van der Waals surface area (Å²) in [5, 5.41) is 6.52. The Hall–Kier alpha value is -3.15. The van der Waals surface area contributed by atoms with Crippen LogP contribution in [0.3, 0.4) is 0 Å². The van der Waals surface area contributed by atoms with Crippen LogP contribution >= 0.6 is 0 Å². The van der Waals surface area contributed by atoms with Crippen molar-refractivity contribution in [3.63, 3.8) is 0 Å². The van der Waals surface area contributed by atoms with Crippen molar-refractivity contribution in [2.24, 2.45) is 0 Å². The van der Waals surface area contributed by atoms with Crippen molar-refractivity contribution >= 4 is 23.0 Å². The summed E-state index contributed by atoms with van der Waals surface area (Å²) in [5.41, 5.74) is 2.86. The highest BCUT2D eigenvalue weighted by molar-refractivity contribution is 5.62. The van der Waals surface area contributed by atoms with Crippen LogP contribution < -0.4 is 15.5 Å².